The number of nitrogens with zero attached hydrogens (tertiary/aromatic N) is 1. The zero-order valence-corrected chi connectivity index (χ0v) is 14.9. The van der Waals surface area contributed by atoms with Crippen LogP contribution in [0.3, 0.4) is 0 Å². The number of halogens is 1. The fraction of sp³-hybridized carbons (Fsp3) is 0.625. The highest BCUT2D eigenvalue weighted by Gasteiger charge is 2.05. The third-order valence-corrected chi connectivity index (χ3v) is 3.64. The van der Waals surface area contributed by atoms with Gasteiger partial charge in [-0.1, -0.05) is 22.9 Å². The largest absolute Gasteiger partial charge is 0.493 e. The molecule has 1 aromatic carbocycles. The molecule has 0 saturated carbocycles. The molecular formula is C16H27BrN2O2. The van der Waals surface area contributed by atoms with Gasteiger partial charge in [0.05, 0.1) is 13.2 Å². The molecule has 0 radical (unpaired) electrons. The lowest BCUT2D eigenvalue weighted by Crippen LogP contribution is -2.31. The Bertz CT molecular complexity index is 402. The maximum atomic E-state index is 5.78. The van der Waals surface area contributed by atoms with E-state index < -0.39 is 0 Å². The smallest absolute Gasteiger partial charge is 0.123 e. The first-order valence-corrected chi connectivity index (χ1v) is 8.26. The molecule has 0 unspecified atom stereocenters. The van der Waals surface area contributed by atoms with Gasteiger partial charge in [0.25, 0.3) is 0 Å². The molecule has 21 heavy (non-hydrogen) atoms. The van der Waals surface area contributed by atoms with Crippen LogP contribution in [0.25, 0.3) is 0 Å². The minimum atomic E-state index is 0.758. The first-order chi connectivity index (χ1) is 10.2. The number of hydrogen-bond donors (Lipinski definition) is 1. The molecule has 120 valence electrons. The van der Waals surface area contributed by atoms with Crippen molar-refractivity contribution in [1.82, 2.24) is 10.2 Å². The molecule has 0 atom stereocenters. The summed E-state index contributed by atoms with van der Waals surface area (Å²) >= 11 is 3.52. The SMILES string of the molecule is CCCOc1ccc(Br)cc1CNCCN(C)CCOC. The molecule has 0 spiro atoms. The van der Waals surface area contributed by atoms with Crippen molar-refractivity contribution < 1.29 is 9.47 Å². The normalized spacial score (nSPS) is 11.1. The van der Waals surface area contributed by atoms with E-state index in [1.54, 1.807) is 7.11 Å². The molecule has 0 amide bonds. The van der Waals surface area contributed by atoms with Gasteiger partial charge in [-0.2, -0.15) is 0 Å². The summed E-state index contributed by atoms with van der Waals surface area (Å²) < 4.78 is 11.9. The standard InChI is InChI=1S/C16H27BrN2O2/c1-4-10-21-16-6-5-15(17)12-14(16)13-18-7-8-19(2)9-11-20-3/h5-6,12,18H,4,7-11,13H2,1-3H3. The minimum Gasteiger partial charge on any atom is -0.493 e. The number of benzene rings is 1. The van der Waals surface area contributed by atoms with Crippen LogP contribution in [-0.4, -0.2) is 51.9 Å². The summed E-state index contributed by atoms with van der Waals surface area (Å²) in [6, 6.07) is 6.17. The van der Waals surface area contributed by atoms with Gasteiger partial charge in [0.15, 0.2) is 0 Å². The van der Waals surface area contributed by atoms with Gasteiger partial charge in [0, 0.05) is 43.3 Å². The Morgan fingerprint density at radius 2 is 2.05 bits per heavy atom. The van der Waals surface area contributed by atoms with E-state index in [9.17, 15) is 0 Å². The summed E-state index contributed by atoms with van der Waals surface area (Å²) in [5.41, 5.74) is 1.19. The van der Waals surface area contributed by atoms with Gasteiger partial charge >= 0.3 is 0 Å². The fourth-order valence-electron chi connectivity index (χ4n) is 1.89. The fourth-order valence-corrected chi connectivity index (χ4v) is 2.30. The summed E-state index contributed by atoms with van der Waals surface area (Å²) in [6.07, 6.45) is 1.02. The van der Waals surface area contributed by atoms with Crippen LogP contribution in [0.2, 0.25) is 0 Å². The maximum absolute atomic E-state index is 5.78. The van der Waals surface area contributed by atoms with E-state index in [-0.39, 0.29) is 0 Å². The second kappa shape index (κ2) is 11.0. The van der Waals surface area contributed by atoms with Crippen molar-refractivity contribution in [3.63, 3.8) is 0 Å². The average molecular weight is 359 g/mol. The molecule has 0 heterocycles. The van der Waals surface area contributed by atoms with Gasteiger partial charge in [-0.3, -0.25) is 0 Å². The van der Waals surface area contributed by atoms with Crippen LogP contribution in [0.1, 0.15) is 18.9 Å². The van der Waals surface area contributed by atoms with Crippen LogP contribution in [0, 0.1) is 0 Å². The topological polar surface area (TPSA) is 33.7 Å². The van der Waals surface area contributed by atoms with E-state index in [2.05, 4.69) is 46.2 Å². The Morgan fingerprint density at radius 3 is 2.76 bits per heavy atom. The molecule has 5 heteroatoms. The van der Waals surface area contributed by atoms with Crippen LogP contribution in [0.15, 0.2) is 22.7 Å². The first kappa shape index (κ1) is 18.4. The number of rotatable bonds is 11. The lowest BCUT2D eigenvalue weighted by Gasteiger charge is -2.17. The molecular weight excluding hydrogens is 332 g/mol. The van der Waals surface area contributed by atoms with Crippen LogP contribution in [0.4, 0.5) is 0 Å². The molecule has 0 aliphatic rings. The molecule has 1 aromatic rings. The lowest BCUT2D eigenvalue weighted by molar-refractivity contribution is 0.161. The van der Waals surface area contributed by atoms with Gasteiger partial charge in [-0.15, -0.1) is 0 Å². The average Bonchev–Trinajstić information content (AvgIpc) is 2.48. The summed E-state index contributed by atoms with van der Waals surface area (Å²) in [4.78, 5) is 2.26. The predicted molar refractivity (Wildman–Crippen MR) is 91.0 cm³/mol. The van der Waals surface area contributed by atoms with Gasteiger partial charge in [-0.25, -0.2) is 0 Å². The van der Waals surface area contributed by atoms with Gasteiger partial charge in [0.1, 0.15) is 5.75 Å². The summed E-state index contributed by atoms with van der Waals surface area (Å²) in [5.74, 6) is 0.972. The number of likely N-dealkylation sites (N-methyl/N-ethyl adjacent to an activating group) is 1. The van der Waals surface area contributed by atoms with Crippen molar-refractivity contribution in [2.45, 2.75) is 19.9 Å². The molecule has 4 nitrogen and oxygen atoms in total. The summed E-state index contributed by atoms with van der Waals surface area (Å²) in [5, 5.41) is 3.47. The highest BCUT2D eigenvalue weighted by molar-refractivity contribution is 9.10. The van der Waals surface area contributed by atoms with E-state index in [0.717, 1.165) is 56.0 Å². The van der Waals surface area contributed by atoms with Gasteiger partial charge in [-0.05, 0) is 31.7 Å². The number of methoxy groups -OCH3 is 1. The zero-order chi connectivity index (χ0) is 15.5. The van der Waals surface area contributed by atoms with Crippen molar-refractivity contribution in [3.05, 3.63) is 28.2 Å². The van der Waals surface area contributed by atoms with Crippen molar-refractivity contribution in [2.24, 2.45) is 0 Å². The van der Waals surface area contributed by atoms with Gasteiger partial charge < -0.3 is 19.7 Å². The molecule has 1 N–H and O–H groups in total. The van der Waals surface area contributed by atoms with Gasteiger partial charge in [0.2, 0.25) is 0 Å². The minimum absolute atomic E-state index is 0.758. The van der Waals surface area contributed by atoms with Crippen LogP contribution >= 0.6 is 15.9 Å². The molecule has 1 rings (SSSR count). The Balaban J connectivity index is 2.38. The number of ether oxygens (including phenoxy) is 2. The molecule has 0 bridgehead atoms. The van der Waals surface area contributed by atoms with Crippen LogP contribution in [0.5, 0.6) is 5.75 Å². The van der Waals surface area contributed by atoms with E-state index in [1.165, 1.54) is 5.56 Å². The van der Waals surface area contributed by atoms with Crippen LogP contribution < -0.4 is 10.1 Å². The van der Waals surface area contributed by atoms with E-state index in [4.69, 9.17) is 9.47 Å². The highest BCUT2D eigenvalue weighted by atomic mass is 79.9. The van der Waals surface area contributed by atoms with E-state index >= 15 is 0 Å². The third-order valence-electron chi connectivity index (χ3n) is 3.15. The molecule has 0 fully saturated rings. The maximum Gasteiger partial charge on any atom is 0.123 e. The number of nitrogens with one attached hydrogen (secondary N) is 1. The highest BCUT2D eigenvalue weighted by Crippen LogP contribution is 2.23. The monoisotopic (exact) mass is 358 g/mol. The quantitative estimate of drug-likeness (QED) is 0.616. The second-order valence-electron chi connectivity index (χ2n) is 5.07. The van der Waals surface area contributed by atoms with Crippen molar-refractivity contribution in [1.29, 1.82) is 0 Å². The van der Waals surface area contributed by atoms with Crippen LogP contribution in [-0.2, 0) is 11.3 Å². The van der Waals surface area contributed by atoms with Crippen molar-refractivity contribution >= 4 is 15.9 Å². The first-order valence-electron chi connectivity index (χ1n) is 7.46. The van der Waals surface area contributed by atoms with E-state index in [0.29, 0.717) is 0 Å². The Kier molecular flexibility index (Phi) is 9.67. The molecule has 0 aliphatic carbocycles. The third kappa shape index (κ3) is 7.81. The zero-order valence-electron chi connectivity index (χ0n) is 13.3. The summed E-state index contributed by atoms with van der Waals surface area (Å²) in [7, 11) is 3.84. The van der Waals surface area contributed by atoms with E-state index in [1.807, 2.05) is 12.1 Å². The molecule has 0 aliphatic heterocycles. The summed E-state index contributed by atoms with van der Waals surface area (Å²) in [6.45, 7) is 7.37. The second-order valence-corrected chi connectivity index (χ2v) is 5.99. The Morgan fingerprint density at radius 1 is 1.24 bits per heavy atom. The molecule has 0 aromatic heterocycles. The van der Waals surface area contributed by atoms with Crippen molar-refractivity contribution in [3.8, 4) is 5.75 Å². The molecule has 0 saturated heterocycles. The lowest BCUT2D eigenvalue weighted by atomic mass is 10.2. The van der Waals surface area contributed by atoms with Crippen molar-refractivity contribution in [2.75, 3.05) is 47.0 Å². The Hall–Kier alpha value is -0.620. The predicted octanol–water partition coefficient (Wildman–Crippen LogP) is 2.91. The Labute approximate surface area is 136 Å². The number of hydrogen-bond acceptors (Lipinski definition) is 4.